The summed E-state index contributed by atoms with van der Waals surface area (Å²) in [5.74, 6) is 0.991. The van der Waals surface area contributed by atoms with E-state index in [0.717, 1.165) is 6.42 Å². The van der Waals surface area contributed by atoms with Gasteiger partial charge < -0.3 is 4.79 Å². The van der Waals surface area contributed by atoms with Crippen LogP contribution in [0.2, 0.25) is 0 Å². The molecule has 0 radical (unpaired) electrons. The van der Waals surface area contributed by atoms with Crippen molar-refractivity contribution >= 4 is 6.29 Å². The molecule has 2 aliphatic carbocycles. The number of fused-ring (bicyclic) bond motifs is 1. The van der Waals surface area contributed by atoms with Gasteiger partial charge in [0, 0.05) is 5.41 Å². The molecule has 0 heterocycles. The molecular formula is C15H24O. The first-order valence-corrected chi connectivity index (χ1v) is 6.58. The molecule has 2 aliphatic rings. The second kappa shape index (κ2) is 3.72. The van der Waals surface area contributed by atoms with Gasteiger partial charge in [0.15, 0.2) is 0 Å². The van der Waals surface area contributed by atoms with E-state index in [0.29, 0.717) is 17.3 Å². The number of rotatable bonds is 1. The Hall–Kier alpha value is -0.590. The van der Waals surface area contributed by atoms with Crippen molar-refractivity contribution in [2.24, 2.45) is 22.7 Å². The van der Waals surface area contributed by atoms with Crippen LogP contribution in [0.1, 0.15) is 53.4 Å². The van der Waals surface area contributed by atoms with E-state index >= 15 is 0 Å². The van der Waals surface area contributed by atoms with Crippen LogP contribution < -0.4 is 0 Å². The van der Waals surface area contributed by atoms with Crippen molar-refractivity contribution in [3.05, 3.63) is 11.6 Å². The first-order chi connectivity index (χ1) is 7.42. The van der Waals surface area contributed by atoms with E-state index in [1.807, 2.05) is 0 Å². The van der Waals surface area contributed by atoms with E-state index in [1.165, 1.54) is 25.5 Å². The highest BCUT2D eigenvalue weighted by Crippen LogP contribution is 2.55. The van der Waals surface area contributed by atoms with Gasteiger partial charge in [-0.2, -0.15) is 0 Å². The smallest absolute Gasteiger partial charge is 0.126 e. The first kappa shape index (κ1) is 11.9. The Morgan fingerprint density at radius 3 is 2.69 bits per heavy atom. The lowest BCUT2D eigenvalue weighted by Crippen LogP contribution is -2.44. The van der Waals surface area contributed by atoms with Crippen molar-refractivity contribution in [1.29, 1.82) is 0 Å². The summed E-state index contributed by atoms with van der Waals surface area (Å²) < 4.78 is 0. The molecule has 0 N–H and O–H groups in total. The lowest BCUT2D eigenvalue weighted by molar-refractivity contribution is -0.121. The predicted molar refractivity (Wildman–Crippen MR) is 67.2 cm³/mol. The Labute approximate surface area is 99.3 Å². The summed E-state index contributed by atoms with van der Waals surface area (Å²) in [6.07, 6.45) is 8.49. The van der Waals surface area contributed by atoms with E-state index in [4.69, 9.17) is 0 Å². The van der Waals surface area contributed by atoms with Crippen LogP contribution in [0.25, 0.3) is 0 Å². The molecule has 0 spiro atoms. The van der Waals surface area contributed by atoms with Crippen molar-refractivity contribution in [2.75, 3.05) is 0 Å². The Balaban J connectivity index is 2.42. The van der Waals surface area contributed by atoms with Crippen molar-refractivity contribution in [2.45, 2.75) is 53.4 Å². The summed E-state index contributed by atoms with van der Waals surface area (Å²) in [6, 6.07) is 0. The third-order valence-electron chi connectivity index (χ3n) is 5.21. The monoisotopic (exact) mass is 220 g/mol. The maximum absolute atomic E-state index is 11.5. The molecule has 0 amide bonds. The Bertz CT molecular complexity index is 326. The van der Waals surface area contributed by atoms with Gasteiger partial charge in [-0.05, 0) is 36.5 Å². The number of allylic oxidation sites excluding steroid dienone is 2. The van der Waals surface area contributed by atoms with Crippen molar-refractivity contribution in [3.63, 3.8) is 0 Å². The molecular weight excluding hydrogens is 196 g/mol. The third-order valence-corrected chi connectivity index (χ3v) is 5.21. The molecule has 0 bridgehead atoms. The Kier molecular flexibility index (Phi) is 2.76. The highest BCUT2D eigenvalue weighted by atomic mass is 16.1. The van der Waals surface area contributed by atoms with Crippen LogP contribution in [0.4, 0.5) is 0 Å². The molecule has 0 aliphatic heterocycles. The lowest BCUT2D eigenvalue weighted by Gasteiger charge is -2.50. The number of hydrogen-bond acceptors (Lipinski definition) is 1. The minimum Gasteiger partial charge on any atom is -0.303 e. The topological polar surface area (TPSA) is 17.1 Å². The Morgan fingerprint density at radius 2 is 2.06 bits per heavy atom. The average molecular weight is 220 g/mol. The fraction of sp³-hybridized carbons (Fsp3) is 0.800. The summed E-state index contributed by atoms with van der Waals surface area (Å²) in [6.45, 7) is 9.07. The largest absolute Gasteiger partial charge is 0.303 e. The zero-order valence-electron chi connectivity index (χ0n) is 11.0. The molecule has 16 heavy (non-hydrogen) atoms. The third kappa shape index (κ3) is 1.56. The summed E-state index contributed by atoms with van der Waals surface area (Å²) in [5, 5.41) is 0. The molecule has 0 saturated heterocycles. The van der Waals surface area contributed by atoms with Gasteiger partial charge in [-0.1, -0.05) is 45.8 Å². The quantitative estimate of drug-likeness (QED) is 0.482. The second-order valence-electron chi connectivity index (χ2n) is 6.61. The molecule has 90 valence electrons. The van der Waals surface area contributed by atoms with E-state index in [1.54, 1.807) is 5.57 Å². The molecule has 1 fully saturated rings. The molecule has 0 aromatic rings. The van der Waals surface area contributed by atoms with E-state index < -0.39 is 0 Å². The highest BCUT2D eigenvalue weighted by molar-refractivity contribution is 5.62. The van der Waals surface area contributed by atoms with Gasteiger partial charge in [0.1, 0.15) is 6.29 Å². The molecule has 3 atom stereocenters. The Morgan fingerprint density at radius 1 is 1.38 bits per heavy atom. The number of carbonyl (C=O) groups excluding carboxylic acids is 1. The molecule has 0 aromatic heterocycles. The summed E-state index contributed by atoms with van der Waals surface area (Å²) in [4.78, 5) is 11.5. The zero-order valence-corrected chi connectivity index (χ0v) is 11.0. The molecule has 1 nitrogen and oxygen atoms in total. The standard InChI is InChI=1S/C15H24O/c1-11-7-8-12-13(15(11,4)10-16)6-5-9-14(12,2)3/h8,10-11,13H,5-7,9H2,1-4H3/t11-,13-,15+/m0/s1. The van der Waals surface area contributed by atoms with Crippen molar-refractivity contribution < 1.29 is 4.79 Å². The minimum absolute atomic E-state index is 0.123. The minimum atomic E-state index is -0.123. The fourth-order valence-electron chi connectivity index (χ4n) is 3.68. The van der Waals surface area contributed by atoms with Crippen molar-refractivity contribution in [3.8, 4) is 0 Å². The van der Waals surface area contributed by atoms with Gasteiger partial charge in [0.2, 0.25) is 0 Å². The van der Waals surface area contributed by atoms with Gasteiger partial charge in [-0.3, -0.25) is 0 Å². The maximum atomic E-state index is 11.5. The maximum Gasteiger partial charge on any atom is 0.126 e. The van der Waals surface area contributed by atoms with Crippen LogP contribution in [-0.4, -0.2) is 6.29 Å². The van der Waals surface area contributed by atoms with Crippen LogP contribution in [0.3, 0.4) is 0 Å². The second-order valence-corrected chi connectivity index (χ2v) is 6.61. The average Bonchev–Trinajstić information content (AvgIpc) is 2.23. The molecule has 2 rings (SSSR count). The first-order valence-electron chi connectivity index (χ1n) is 6.58. The van der Waals surface area contributed by atoms with Crippen LogP contribution in [0.5, 0.6) is 0 Å². The van der Waals surface area contributed by atoms with Gasteiger partial charge in [-0.25, -0.2) is 0 Å². The van der Waals surface area contributed by atoms with Crippen LogP contribution in [0, 0.1) is 22.7 Å². The van der Waals surface area contributed by atoms with Gasteiger partial charge in [-0.15, -0.1) is 0 Å². The summed E-state index contributed by atoms with van der Waals surface area (Å²) >= 11 is 0. The summed E-state index contributed by atoms with van der Waals surface area (Å²) in [5.41, 5.74) is 1.75. The molecule has 1 heteroatoms. The summed E-state index contributed by atoms with van der Waals surface area (Å²) in [7, 11) is 0. The van der Waals surface area contributed by atoms with Crippen LogP contribution in [-0.2, 0) is 4.79 Å². The number of aldehydes is 1. The molecule has 0 aromatic carbocycles. The highest BCUT2D eigenvalue weighted by Gasteiger charge is 2.48. The van der Waals surface area contributed by atoms with E-state index in [2.05, 4.69) is 33.8 Å². The molecule has 1 saturated carbocycles. The molecule has 0 unspecified atom stereocenters. The fourth-order valence-corrected chi connectivity index (χ4v) is 3.68. The number of carbonyl (C=O) groups is 1. The zero-order chi connectivity index (χ0) is 12.0. The van der Waals surface area contributed by atoms with Crippen molar-refractivity contribution in [1.82, 2.24) is 0 Å². The normalized spacial score (nSPS) is 42.1. The number of hydrogen-bond donors (Lipinski definition) is 0. The van der Waals surface area contributed by atoms with Gasteiger partial charge in [0.05, 0.1) is 0 Å². The van der Waals surface area contributed by atoms with Crippen LogP contribution >= 0.6 is 0 Å². The van der Waals surface area contributed by atoms with E-state index in [9.17, 15) is 4.79 Å². The SMILES string of the molecule is C[C@H]1CC=C2[C@H](CCCC2(C)C)[C@]1(C)C=O. The van der Waals surface area contributed by atoms with Gasteiger partial charge in [0.25, 0.3) is 0 Å². The van der Waals surface area contributed by atoms with E-state index in [-0.39, 0.29) is 5.41 Å². The lowest BCUT2D eigenvalue weighted by atomic mass is 9.53. The predicted octanol–water partition coefficient (Wildman–Crippen LogP) is 3.98. The van der Waals surface area contributed by atoms with Gasteiger partial charge >= 0.3 is 0 Å². The van der Waals surface area contributed by atoms with Crippen LogP contribution in [0.15, 0.2) is 11.6 Å².